The monoisotopic (exact) mass is 262 g/mol. The van der Waals surface area contributed by atoms with Crippen LogP contribution in [0.4, 0.5) is 0 Å². The van der Waals surface area contributed by atoms with Crippen LogP contribution in [0.1, 0.15) is 31.4 Å². The van der Waals surface area contributed by atoms with Crippen molar-refractivity contribution in [2.45, 2.75) is 39.2 Å². The van der Waals surface area contributed by atoms with Gasteiger partial charge in [-0.2, -0.15) is 0 Å². The summed E-state index contributed by atoms with van der Waals surface area (Å²) in [7, 11) is 0. The fourth-order valence-electron chi connectivity index (χ4n) is 2.56. The van der Waals surface area contributed by atoms with E-state index in [-0.39, 0.29) is 0 Å². The summed E-state index contributed by atoms with van der Waals surface area (Å²) in [6, 6.07) is 7.01. The van der Waals surface area contributed by atoms with E-state index in [9.17, 15) is 0 Å². The van der Waals surface area contributed by atoms with Crippen molar-refractivity contribution in [1.82, 2.24) is 5.32 Å². The third-order valence-corrected chi connectivity index (χ3v) is 3.85. The molecule has 3 nitrogen and oxygen atoms in total. The summed E-state index contributed by atoms with van der Waals surface area (Å²) >= 11 is 0. The number of fused-ring (bicyclic) bond motifs is 1. The molecule has 0 bridgehead atoms. The van der Waals surface area contributed by atoms with E-state index in [4.69, 9.17) is 10.5 Å². The topological polar surface area (TPSA) is 47.3 Å². The molecule has 3 heteroatoms. The molecule has 0 saturated heterocycles. The van der Waals surface area contributed by atoms with Gasteiger partial charge in [0.25, 0.3) is 0 Å². The molecule has 0 amide bonds. The van der Waals surface area contributed by atoms with Gasteiger partial charge in [-0.15, -0.1) is 0 Å². The number of rotatable bonds is 6. The molecule has 1 heterocycles. The molecule has 3 N–H and O–H groups in total. The molecule has 19 heavy (non-hydrogen) atoms. The van der Waals surface area contributed by atoms with E-state index in [1.165, 1.54) is 11.1 Å². The molecule has 106 valence electrons. The maximum Gasteiger partial charge on any atom is 0.122 e. The minimum atomic E-state index is 0.418. The Kier molecular flexibility index (Phi) is 5.23. The minimum absolute atomic E-state index is 0.418. The molecule has 2 rings (SSSR count). The quantitative estimate of drug-likeness (QED) is 0.825. The zero-order valence-corrected chi connectivity index (χ0v) is 12.1. The fourth-order valence-corrected chi connectivity index (χ4v) is 2.56. The Morgan fingerprint density at radius 3 is 2.95 bits per heavy atom. The van der Waals surface area contributed by atoms with Gasteiger partial charge in [0, 0.05) is 12.6 Å². The van der Waals surface area contributed by atoms with Gasteiger partial charge >= 0.3 is 0 Å². The first-order valence-corrected chi connectivity index (χ1v) is 7.38. The average molecular weight is 262 g/mol. The maximum absolute atomic E-state index is 5.77. The van der Waals surface area contributed by atoms with Crippen molar-refractivity contribution in [1.29, 1.82) is 0 Å². The summed E-state index contributed by atoms with van der Waals surface area (Å²) in [5.74, 6) is 1.66. The number of hydrogen-bond donors (Lipinski definition) is 2. The first-order valence-electron chi connectivity index (χ1n) is 7.38. The summed E-state index contributed by atoms with van der Waals surface area (Å²) in [6.07, 6.45) is 3.34. The van der Waals surface area contributed by atoms with Gasteiger partial charge < -0.3 is 15.8 Å². The molecule has 1 aliphatic heterocycles. The highest BCUT2D eigenvalue weighted by Gasteiger charge is 2.12. The van der Waals surface area contributed by atoms with Gasteiger partial charge in [0.15, 0.2) is 0 Å². The van der Waals surface area contributed by atoms with Gasteiger partial charge in [-0.05, 0) is 48.9 Å². The first-order chi connectivity index (χ1) is 9.20. The van der Waals surface area contributed by atoms with Crippen molar-refractivity contribution in [2.75, 3.05) is 19.7 Å². The van der Waals surface area contributed by atoms with Crippen LogP contribution < -0.4 is 15.8 Å². The lowest BCUT2D eigenvalue weighted by Gasteiger charge is -2.21. The molecule has 1 aliphatic rings. The second kappa shape index (κ2) is 6.92. The van der Waals surface area contributed by atoms with Crippen LogP contribution in [-0.2, 0) is 12.8 Å². The normalized spacial score (nSPS) is 16.0. The lowest BCUT2D eigenvalue weighted by atomic mass is 10.0. The van der Waals surface area contributed by atoms with Crippen molar-refractivity contribution in [3.05, 3.63) is 29.3 Å². The number of aryl methyl sites for hydroxylation is 1. The molecule has 0 saturated carbocycles. The fraction of sp³-hybridized carbons (Fsp3) is 0.625. The molecule has 0 spiro atoms. The Morgan fingerprint density at radius 1 is 1.37 bits per heavy atom. The Bertz CT molecular complexity index is 404. The molecule has 1 atom stereocenters. The van der Waals surface area contributed by atoms with Crippen LogP contribution in [-0.4, -0.2) is 25.7 Å². The SMILES string of the molecule is CC(C)C(CN)NCCc1ccc2c(c1)CCCO2. The maximum atomic E-state index is 5.77. The van der Waals surface area contributed by atoms with E-state index in [1.54, 1.807) is 0 Å². The van der Waals surface area contributed by atoms with Crippen molar-refractivity contribution >= 4 is 0 Å². The Hall–Kier alpha value is -1.06. The van der Waals surface area contributed by atoms with E-state index < -0.39 is 0 Å². The average Bonchev–Trinajstić information content (AvgIpc) is 2.43. The molecule has 0 aromatic heterocycles. The van der Waals surface area contributed by atoms with Crippen LogP contribution in [0.3, 0.4) is 0 Å². The zero-order valence-electron chi connectivity index (χ0n) is 12.1. The molecular weight excluding hydrogens is 236 g/mol. The van der Waals surface area contributed by atoms with Crippen LogP contribution in [0.15, 0.2) is 18.2 Å². The highest BCUT2D eigenvalue weighted by Crippen LogP contribution is 2.25. The highest BCUT2D eigenvalue weighted by atomic mass is 16.5. The Morgan fingerprint density at radius 2 is 2.21 bits per heavy atom. The van der Waals surface area contributed by atoms with Crippen LogP contribution in [0.5, 0.6) is 5.75 Å². The van der Waals surface area contributed by atoms with Gasteiger partial charge in [0.05, 0.1) is 6.61 Å². The molecule has 0 aliphatic carbocycles. The number of nitrogens with one attached hydrogen (secondary N) is 1. The van der Waals surface area contributed by atoms with E-state index in [0.29, 0.717) is 18.5 Å². The smallest absolute Gasteiger partial charge is 0.122 e. The number of nitrogens with two attached hydrogens (primary N) is 1. The molecule has 1 aromatic rings. The van der Waals surface area contributed by atoms with Crippen LogP contribution in [0.25, 0.3) is 0 Å². The number of benzene rings is 1. The Balaban J connectivity index is 1.86. The molecular formula is C16H26N2O. The lowest BCUT2D eigenvalue weighted by molar-refractivity contribution is 0.288. The number of hydrogen-bond acceptors (Lipinski definition) is 3. The predicted molar refractivity (Wildman–Crippen MR) is 79.6 cm³/mol. The summed E-state index contributed by atoms with van der Waals surface area (Å²) in [5.41, 5.74) is 8.51. The van der Waals surface area contributed by atoms with E-state index in [2.05, 4.69) is 37.4 Å². The predicted octanol–water partition coefficient (Wildman–Crippen LogP) is 2.13. The second-order valence-corrected chi connectivity index (χ2v) is 5.68. The molecule has 0 fully saturated rings. The molecule has 1 aromatic carbocycles. The van der Waals surface area contributed by atoms with Crippen molar-refractivity contribution < 1.29 is 4.74 Å². The summed E-state index contributed by atoms with van der Waals surface area (Å²) < 4.78 is 5.64. The van der Waals surface area contributed by atoms with Crippen LogP contribution in [0.2, 0.25) is 0 Å². The lowest BCUT2D eigenvalue weighted by Crippen LogP contribution is -2.41. The summed E-state index contributed by atoms with van der Waals surface area (Å²) in [5, 5.41) is 3.54. The standard InChI is InChI=1S/C16H26N2O/c1-12(2)15(11-17)18-8-7-13-5-6-16-14(10-13)4-3-9-19-16/h5-6,10,12,15,18H,3-4,7-9,11,17H2,1-2H3. The van der Waals surface area contributed by atoms with Crippen molar-refractivity contribution in [2.24, 2.45) is 11.7 Å². The molecule has 0 radical (unpaired) electrons. The highest BCUT2D eigenvalue weighted by molar-refractivity contribution is 5.38. The summed E-state index contributed by atoms with van der Waals surface area (Å²) in [4.78, 5) is 0. The first kappa shape index (κ1) is 14.4. The number of ether oxygens (including phenoxy) is 1. The van der Waals surface area contributed by atoms with Gasteiger partial charge in [-0.25, -0.2) is 0 Å². The third kappa shape index (κ3) is 3.95. The zero-order chi connectivity index (χ0) is 13.7. The van der Waals surface area contributed by atoms with Crippen molar-refractivity contribution in [3.63, 3.8) is 0 Å². The van der Waals surface area contributed by atoms with E-state index in [0.717, 1.165) is 38.2 Å². The van der Waals surface area contributed by atoms with Crippen LogP contribution in [0, 0.1) is 5.92 Å². The molecule has 1 unspecified atom stereocenters. The van der Waals surface area contributed by atoms with Gasteiger partial charge in [0.2, 0.25) is 0 Å². The summed E-state index contributed by atoms with van der Waals surface area (Å²) in [6.45, 7) is 6.97. The largest absolute Gasteiger partial charge is 0.493 e. The Labute approximate surface area is 116 Å². The van der Waals surface area contributed by atoms with Gasteiger partial charge in [0.1, 0.15) is 5.75 Å². The third-order valence-electron chi connectivity index (χ3n) is 3.85. The van der Waals surface area contributed by atoms with Gasteiger partial charge in [-0.1, -0.05) is 26.0 Å². The van der Waals surface area contributed by atoms with Crippen molar-refractivity contribution in [3.8, 4) is 5.75 Å². The van der Waals surface area contributed by atoms with E-state index in [1.807, 2.05) is 0 Å². The minimum Gasteiger partial charge on any atom is -0.493 e. The van der Waals surface area contributed by atoms with Gasteiger partial charge in [-0.3, -0.25) is 0 Å². The van der Waals surface area contributed by atoms with Crippen LogP contribution >= 0.6 is 0 Å². The van der Waals surface area contributed by atoms with E-state index >= 15 is 0 Å². The second-order valence-electron chi connectivity index (χ2n) is 5.68.